The van der Waals surface area contributed by atoms with Gasteiger partial charge in [-0.25, -0.2) is 4.79 Å². The number of ether oxygens (including phenoxy) is 1. The molecule has 114 valence electrons. The lowest BCUT2D eigenvalue weighted by Crippen LogP contribution is -2.33. The summed E-state index contributed by atoms with van der Waals surface area (Å²) in [5.74, 6) is -0.875. The summed E-state index contributed by atoms with van der Waals surface area (Å²) in [6.07, 6.45) is 2.43. The van der Waals surface area contributed by atoms with Gasteiger partial charge in [0.1, 0.15) is 11.8 Å². The molecule has 0 atom stereocenters. The minimum Gasteiger partial charge on any atom is -0.459 e. The number of hydrogen-bond acceptors (Lipinski definition) is 4. The van der Waals surface area contributed by atoms with Crippen LogP contribution in [0.2, 0.25) is 15.1 Å². The van der Waals surface area contributed by atoms with E-state index in [1.807, 2.05) is 0 Å². The smallest absolute Gasteiger partial charge is 0.368 e. The summed E-state index contributed by atoms with van der Waals surface area (Å²) in [4.78, 5) is 11.8. The van der Waals surface area contributed by atoms with E-state index in [-0.39, 0.29) is 21.8 Å². The molecular formula is C12H9Cl5N2O2. The minimum atomic E-state index is -2.15. The lowest BCUT2D eigenvalue weighted by Gasteiger charge is -2.26. The lowest BCUT2D eigenvalue weighted by atomic mass is 9.96. The van der Waals surface area contributed by atoms with Gasteiger partial charge >= 0.3 is 10.4 Å². The Morgan fingerprint density at radius 2 is 1.76 bits per heavy atom. The quantitative estimate of drug-likeness (QED) is 0.276. The van der Waals surface area contributed by atoms with Crippen molar-refractivity contribution >= 4 is 69.7 Å². The van der Waals surface area contributed by atoms with E-state index < -0.39 is 10.4 Å². The van der Waals surface area contributed by atoms with Crippen LogP contribution < -0.4 is 0 Å². The fourth-order valence-corrected chi connectivity index (χ4v) is 2.55. The average molecular weight is 390 g/mol. The molecule has 9 heteroatoms. The molecule has 0 unspecified atom stereocenters. The maximum Gasteiger partial charge on any atom is 0.368 e. The van der Waals surface area contributed by atoms with Gasteiger partial charge in [-0.2, -0.15) is 0 Å². The van der Waals surface area contributed by atoms with E-state index in [9.17, 15) is 4.79 Å². The minimum absolute atomic E-state index is 0.116. The van der Waals surface area contributed by atoms with E-state index in [1.54, 1.807) is 0 Å². The van der Waals surface area contributed by atoms with E-state index in [0.717, 1.165) is 19.3 Å². The first kappa shape index (κ1) is 17.1. The maximum absolute atomic E-state index is 11.8. The van der Waals surface area contributed by atoms with Crippen molar-refractivity contribution in [1.29, 1.82) is 0 Å². The lowest BCUT2D eigenvalue weighted by molar-refractivity contribution is -0.153. The molecule has 1 aromatic rings. The first-order valence-electron chi connectivity index (χ1n) is 5.96. The van der Waals surface area contributed by atoms with Crippen molar-refractivity contribution in [1.82, 2.24) is 0 Å². The van der Waals surface area contributed by atoms with Gasteiger partial charge in [-0.05, 0) is 31.4 Å². The van der Waals surface area contributed by atoms with Crippen molar-refractivity contribution in [2.75, 3.05) is 0 Å². The van der Waals surface area contributed by atoms with E-state index in [2.05, 4.69) is 10.2 Å². The highest BCUT2D eigenvalue weighted by molar-refractivity contribution is 6.57. The number of halogens is 5. The van der Waals surface area contributed by atoms with Gasteiger partial charge in [-0.15, -0.1) is 10.2 Å². The second-order valence-corrected chi connectivity index (χ2v) is 6.96. The third-order valence-electron chi connectivity index (χ3n) is 2.83. The number of alkyl halides is 2. The van der Waals surface area contributed by atoms with E-state index in [0.29, 0.717) is 5.02 Å². The van der Waals surface area contributed by atoms with Crippen LogP contribution in [0.15, 0.2) is 22.4 Å². The molecule has 1 saturated carbocycles. The van der Waals surface area contributed by atoms with E-state index in [1.165, 1.54) is 12.1 Å². The van der Waals surface area contributed by atoms with Crippen molar-refractivity contribution in [2.24, 2.45) is 10.2 Å². The van der Waals surface area contributed by atoms with Crippen molar-refractivity contribution in [3.05, 3.63) is 27.2 Å². The molecule has 1 aliphatic carbocycles. The largest absolute Gasteiger partial charge is 0.459 e. The van der Waals surface area contributed by atoms with Crippen molar-refractivity contribution in [3.8, 4) is 0 Å². The zero-order chi connectivity index (χ0) is 15.6. The van der Waals surface area contributed by atoms with Crippen LogP contribution in [0, 0.1) is 0 Å². The normalized spacial score (nSPS) is 16.0. The van der Waals surface area contributed by atoms with Crippen molar-refractivity contribution in [2.45, 2.75) is 29.8 Å². The molecule has 1 aliphatic rings. The average Bonchev–Trinajstić information content (AvgIpc) is 2.31. The van der Waals surface area contributed by atoms with Crippen molar-refractivity contribution < 1.29 is 9.53 Å². The molecule has 4 nitrogen and oxygen atoms in total. The van der Waals surface area contributed by atoms with Gasteiger partial charge in [-0.3, -0.25) is 0 Å². The summed E-state index contributed by atoms with van der Waals surface area (Å²) in [5, 5.41) is 7.95. The topological polar surface area (TPSA) is 51.0 Å². The Bertz CT molecular complexity index is 564. The second-order valence-electron chi connectivity index (χ2n) is 4.42. The molecular weight excluding hydrogens is 381 g/mol. The van der Waals surface area contributed by atoms with Crippen LogP contribution in [0.25, 0.3) is 0 Å². The van der Waals surface area contributed by atoms with Gasteiger partial charge in [0.15, 0.2) is 0 Å². The summed E-state index contributed by atoms with van der Waals surface area (Å²) in [7, 11) is 0. The number of azo groups is 1. The van der Waals surface area contributed by atoms with Crippen LogP contribution in [0.1, 0.15) is 19.3 Å². The summed E-state index contributed by atoms with van der Waals surface area (Å²) in [6, 6.07) is 2.86. The van der Waals surface area contributed by atoms with Crippen LogP contribution in [0.4, 0.5) is 5.69 Å². The second kappa shape index (κ2) is 6.88. The third kappa shape index (κ3) is 4.36. The van der Waals surface area contributed by atoms with Gasteiger partial charge in [0.05, 0.1) is 10.0 Å². The number of esters is 1. The van der Waals surface area contributed by atoms with E-state index in [4.69, 9.17) is 62.7 Å². The van der Waals surface area contributed by atoms with Gasteiger partial charge in [0.25, 0.3) is 0 Å². The highest BCUT2D eigenvalue weighted by Crippen LogP contribution is 2.38. The van der Waals surface area contributed by atoms with Gasteiger partial charge in [0.2, 0.25) is 0 Å². The third-order valence-corrected chi connectivity index (χ3v) is 4.08. The molecule has 1 fully saturated rings. The molecule has 1 aromatic carbocycles. The fourth-order valence-electron chi connectivity index (χ4n) is 1.49. The Kier molecular flexibility index (Phi) is 5.60. The number of carbonyl (C=O) groups is 1. The first-order chi connectivity index (χ1) is 9.79. The van der Waals surface area contributed by atoms with Gasteiger partial charge in [0, 0.05) is 5.02 Å². The van der Waals surface area contributed by atoms with Gasteiger partial charge in [-0.1, -0.05) is 58.0 Å². The van der Waals surface area contributed by atoms with Gasteiger partial charge < -0.3 is 4.74 Å². The molecule has 0 radical (unpaired) electrons. The molecule has 0 aliphatic heterocycles. The summed E-state index contributed by atoms with van der Waals surface area (Å²) in [6.45, 7) is 0. The van der Waals surface area contributed by atoms with E-state index >= 15 is 0 Å². The first-order valence-corrected chi connectivity index (χ1v) is 7.85. The molecule has 0 saturated heterocycles. The van der Waals surface area contributed by atoms with Crippen LogP contribution in [-0.4, -0.2) is 16.5 Å². The Labute approximate surface area is 146 Å². The Hall–Kier alpha value is -0.260. The highest BCUT2D eigenvalue weighted by atomic mass is 35.5. The monoisotopic (exact) mass is 388 g/mol. The zero-order valence-electron chi connectivity index (χ0n) is 10.5. The molecule has 0 bridgehead atoms. The standard InChI is InChI=1S/C12H9Cl5N2O2/c13-6-4-8(14)10(9(15)5-6)18-19-12(16,17)11(20)21-7-2-1-3-7/h4-5,7H,1-3H2/b19-18+. The molecule has 0 N–H and O–H groups in total. The molecule has 2 rings (SSSR count). The highest BCUT2D eigenvalue weighted by Gasteiger charge is 2.38. The number of rotatable bonds is 4. The van der Waals surface area contributed by atoms with Crippen LogP contribution in [0.5, 0.6) is 0 Å². The van der Waals surface area contributed by atoms with Crippen molar-refractivity contribution in [3.63, 3.8) is 0 Å². The predicted octanol–water partition coefficient (Wildman–Crippen LogP) is 5.96. The Balaban J connectivity index is 2.13. The number of hydrogen-bond donors (Lipinski definition) is 0. The van der Waals surface area contributed by atoms with Crippen LogP contribution in [0.3, 0.4) is 0 Å². The maximum atomic E-state index is 11.8. The zero-order valence-corrected chi connectivity index (χ0v) is 14.2. The molecule has 21 heavy (non-hydrogen) atoms. The number of nitrogens with zero attached hydrogens (tertiary/aromatic N) is 2. The Morgan fingerprint density at radius 1 is 1.19 bits per heavy atom. The SMILES string of the molecule is O=C(OC1CCC1)C(Cl)(Cl)/N=N/c1c(Cl)cc(Cl)cc1Cl. The summed E-state index contributed by atoms with van der Waals surface area (Å²) in [5.41, 5.74) is 0.116. The van der Waals surface area contributed by atoms with Crippen LogP contribution >= 0.6 is 58.0 Å². The molecule has 0 heterocycles. The Morgan fingerprint density at radius 3 is 2.24 bits per heavy atom. The number of benzene rings is 1. The molecule has 0 amide bonds. The summed E-state index contributed by atoms with van der Waals surface area (Å²) >= 11 is 29.3. The molecule has 0 aromatic heterocycles. The number of carbonyl (C=O) groups excluding carboxylic acids is 1. The summed E-state index contributed by atoms with van der Waals surface area (Å²) < 4.78 is 2.92. The van der Waals surface area contributed by atoms with Crippen LogP contribution in [-0.2, 0) is 9.53 Å². The molecule has 0 spiro atoms. The predicted molar refractivity (Wildman–Crippen MR) is 84.2 cm³/mol. The fraction of sp³-hybridized carbons (Fsp3) is 0.417.